The molecule has 0 radical (unpaired) electrons. The smallest absolute Gasteiger partial charge is 0.242 e. The number of hydrogen-bond donors (Lipinski definition) is 2. The van der Waals surface area contributed by atoms with Crippen molar-refractivity contribution < 1.29 is 9.53 Å². The Morgan fingerprint density at radius 3 is 2.81 bits per heavy atom. The highest BCUT2D eigenvalue weighted by molar-refractivity contribution is 6.30. The molecule has 0 aromatic heterocycles. The van der Waals surface area contributed by atoms with E-state index in [1.807, 2.05) is 12.1 Å². The molecule has 6 nitrogen and oxygen atoms in total. The van der Waals surface area contributed by atoms with Crippen molar-refractivity contribution in [2.75, 3.05) is 6.61 Å². The highest BCUT2D eigenvalue weighted by Crippen LogP contribution is 2.35. The molecular weight excluding hydrogens is 364 g/mol. The molecule has 2 saturated heterocycles. The van der Waals surface area contributed by atoms with Gasteiger partial charge < -0.3 is 4.74 Å². The van der Waals surface area contributed by atoms with Gasteiger partial charge in [0.2, 0.25) is 5.91 Å². The number of amides is 1. The summed E-state index contributed by atoms with van der Waals surface area (Å²) in [6.45, 7) is 0.565. The number of nitrogens with zero attached hydrogens (tertiary/aromatic N) is 2. The predicted molar refractivity (Wildman–Crippen MR) is 102 cm³/mol. The quantitative estimate of drug-likeness (QED) is 0.758. The molecule has 1 amide bonds. The summed E-state index contributed by atoms with van der Waals surface area (Å²) in [5.74, 6) is 0.749. The summed E-state index contributed by atoms with van der Waals surface area (Å²) in [5.41, 5.74) is 3.31. The van der Waals surface area contributed by atoms with E-state index >= 15 is 0 Å². The van der Waals surface area contributed by atoms with Crippen LogP contribution in [0.15, 0.2) is 24.3 Å². The predicted octanol–water partition coefficient (Wildman–Crippen LogP) is 2.84. The van der Waals surface area contributed by atoms with Crippen molar-refractivity contribution in [3.63, 3.8) is 0 Å². The van der Waals surface area contributed by atoms with Crippen LogP contribution < -0.4 is 15.5 Å². The van der Waals surface area contributed by atoms with E-state index in [0.717, 1.165) is 44.3 Å². The molecule has 7 heteroatoms. The first-order valence-electron chi connectivity index (χ1n) is 9.80. The third-order valence-corrected chi connectivity index (χ3v) is 6.21. The summed E-state index contributed by atoms with van der Waals surface area (Å²) >= 11 is 5.88. The van der Waals surface area contributed by atoms with Crippen molar-refractivity contribution in [3.05, 3.63) is 29.3 Å². The first kappa shape index (κ1) is 18.5. The Kier molecular flexibility index (Phi) is 5.53. The average molecular weight is 389 g/mol. The molecule has 1 aromatic carbocycles. The zero-order valence-corrected chi connectivity index (χ0v) is 16.0. The summed E-state index contributed by atoms with van der Waals surface area (Å²) < 4.78 is 5.74. The normalized spacial score (nSPS) is 32.5. The van der Waals surface area contributed by atoms with Gasteiger partial charge in [-0.05, 0) is 49.9 Å². The van der Waals surface area contributed by atoms with Crippen molar-refractivity contribution in [2.45, 2.75) is 56.8 Å². The Balaban J connectivity index is 1.33. The molecule has 27 heavy (non-hydrogen) atoms. The highest BCUT2D eigenvalue weighted by atomic mass is 35.5. The second kappa shape index (κ2) is 8.05. The number of rotatable bonds is 5. The fraction of sp³-hybridized carbons (Fsp3) is 0.600. The van der Waals surface area contributed by atoms with Crippen LogP contribution in [-0.4, -0.2) is 35.8 Å². The molecule has 1 aliphatic carbocycles. The molecule has 1 saturated carbocycles. The first-order valence-corrected chi connectivity index (χ1v) is 10.2. The van der Waals surface area contributed by atoms with Crippen molar-refractivity contribution >= 4 is 17.5 Å². The molecule has 144 valence electrons. The molecular formula is C20H25ClN4O2. The van der Waals surface area contributed by atoms with E-state index in [1.54, 1.807) is 17.1 Å². The lowest BCUT2D eigenvalue weighted by atomic mass is 9.81. The third-order valence-electron chi connectivity index (χ3n) is 5.95. The second-order valence-corrected chi connectivity index (χ2v) is 8.09. The summed E-state index contributed by atoms with van der Waals surface area (Å²) in [5, 5.41) is 15.7. The lowest BCUT2D eigenvalue weighted by Crippen LogP contribution is -2.64. The summed E-state index contributed by atoms with van der Waals surface area (Å²) in [7, 11) is 0. The van der Waals surface area contributed by atoms with E-state index < -0.39 is 0 Å². The van der Waals surface area contributed by atoms with Gasteiger partial charge in [0, 0.05) is 17.1 Å². The fourth-order valence-corrected chi connectivity index (χ4v) is 4.68. The Morgan fingerprint density at radius 1 is 1.26 bits per heavy atom. The number of carbonyl (C=O) groups is 1. The number of hydrazine groups is 1. The second-order valence-electron chi connectivity index (χ2n) is 7.65. The molecule has 5 unspecified atom stereocenters. The van der Waals surface area contributed by atoms with Crippen LogP contribution in [0.3, 0.4) is 0 Å². The minimum Gasteiger partial charge on any atom is -0.494 e. The SMILES string of the molecule is N#CC1C(CCCOc2ccc(Cl)cc2)NN2C(=O)C3CCCCC3NC12. The van der Waals surface area contributed by atoms with Crippen molar-refractivity contribution in [1.29, 1.82) is 5.26 Å². The van der Waals surface area contributed by atoms with Gasteiger partial charge in [-0.3, -0.25) is 15.1 Å². The van der Waals surface area contributed by atoms with Gasteiger partial charge in [-0.1, -0.05) is 24.4 Å². The number of hydrogen-bond acceptors (Lipinski definition) is 5. The number of ether oxygens (including phenoxy) is 1. The molecule has 0 bridgehead atoms. The van der Waals surface area contributed by atoms with E-state index in [2.05, 4.69) is 16.8 Å². The zero-order chi connectivity index (χ0) is 18.8. The Bertz CT molecular complexity index is 720. The Hall–Kier alpha value is -1.81. The highest BCUT2D eigenvalue weighted by Gasteiger charge is 2.51. The Morgan fingerprint density at radius 2 is 2.04 bits per heavy atom. The van der Waals surface area contributed by atoms with Gasteiger partial charge in [0.1, 0.15) is 11.9 Å². The maximum Gasteiger partial charge on any atom is 0.242 e. The van der Waals surface area contributed by atoms with Crippen LogP contribution in [0.2, 0.25) is 5.02 Å². The summed E-state index contributed by atoms with van der Waals surface area (Å²) in [6, 6.07) is 9.90. The van der Waals surface area contributed by atoms with E-state index in [1.165, 1.54) is 0 Å². The monoisotopic (exact) mass is 388 g/mol. The number of fused-ring (bicyclic) bond motifs is 2. The minimum absolute atomic E-state index is 0.0366. The molecule has 4 rings (SSSR count). The molecule has 1 aromatic rings. The lowest BCUT2D eigenvalue weighted by molar-refractivity contribution is -0.148. The van der Waals surface area contributed by atoms with Gasteiger partial charge in [0.15, 0.2) is 0 Å². The number of benzene rings is 1. The third kappa shape index (κ3) is 3.77. The Labute approximate surface area is 164 Å². The first-order chi connectivity index (χ1) is 13.2. The van der Waals surface area contributed by atoms with Crippen molar-refractivity contribution in [2.24, 2.45) is 11.8 Å². The van der Waals surface area contributed by atoms with Crippen LogP contribution in [0, 0.1) is 23.2 Å². The molecule has 3 aliphatic rings. The number of nitriles is 1. The zero-order valence-electron chi connectivity index (χ0n) is 15.2. The number of nitrogens with one attached hydrogen (secondary N) is 2. The summed E-state index contributed by atoms with van der Waals surface area (Å²) in [4.78, 5) is 12.9. The largest absolute Gasteiger partial charge is 0.494 e. The van der Waals surface area contributed by atoms with Gasteiger partial charge in [-0.2, -0.15) is 5.26 Å². The molecule has 3 fully saturated rings. The molecule has 2 heterocycles. The van der Waals surface area contributed by atoms with Crippen LogP contribution in [0.5, 0.6) is 5.75 Å². The van der Waals surface area contributed by atoms with Crippen LogP contribution in [0.4, 0.5) is 0 Å². The van der Waals surface area contributed by atoms with Crippen molar-refractivity contribution in [1.82, 2.24) is 15.8 Å². The molecule has 5 atom stereocenters. The van der Waals surface area contributed by atoms with E-state index in [-0.39, 0.29) is 36.0 Å². The maximum atomic E-state index is 12.9. The van der Waals surface area contributed by atoms with Crippen LogP contribution in [0.25, 0.3) is 0 Å². The van der Waals surface area contributed by atoms with Crippen molar-refractivity contribution in [3.8, 4) is 11.8 Å². The number of halogens is 1. The van der Waals surface area contributed by atoms with E-state index in [4.69, 9.17) is 16.3 Å². The molecule has 2 N–H and O–H groups in total. The van der Waals surface area contributed by atoms with Crippen LogP contribution in [-0.2, 0) is 4.79 Å². The van der Waals surface area contributed by atoms with Crippen LogP contribution in [0.1, 0.15) is 38.5 Å². The minimum atomic E-state index is -0.243. The molecule has 2 aliphatic heterocycles. The van der Waals surface area contributed by atoms with E-state index in [0.29, 0.717) is 11.6 Å². The molecule has 0 spiro atoms. The standard InChI is InChI=1S/C20H25ClN4O2/c21-13-7-9-14(10-8-13)27-11-3-6-18-16(12-22)19-23-17-5-2-1-4-15(17)20(26)25(19)24-18/h7-10,15-19,23-24H,1-6,11H2. The van der Waals surface area contributed by atoms with Gasteiger partial charge in [0.05, 0.1) is 24.5 Å². The fourth-order valence-electron chi connectivity index (χ4n) is 4.55. The van der Waals surface area contributed by atoms with Crippen LogP contribution >= 0.6 is 11.6 Å². The number of carbonyl (C=O) groups excluding carboxylic acids is 1. The summed E-state index contributed by atoms with van der Waals surface area (Å²) in [6.07, 6.45) is 5.61. The maximum absolute atomic E-state index is 12.9. The topological polar surface area (TPSA) is 77.4 Å². The van der Waals surface area contributed by atoms with Gasteiger partial charge in [0.25, 0.3) is 0 Å². The van der Waals surface area contributed by atoms with Gasteiger partial charge >= 0.3 is 0 Å². The average Bonchev–Trinajstić information content (AvgIpc) is 3.04. The van der Waals surface area contributed by atoms with Gasteiger partial charge in [-0.15, -0.1) is 0 Å². The van der Waals surface area contributed by atoms with E-state index in [9.17, 15) is 10.1 Å². The lowest BCUT2D eigenvalue weighted by Gasteiger charge is -2.43. The van der Waals surface area contributed by atoms with Gasteiger partial charge in [-0.25, -0.2) is 5.43 Å².